The van der Waals surface area contributed by atoms with Gasteiger partial charge in [-0.15, -0.1) is 11.8 Å². The fourth-order valence-corrected chi connectivity index (χ4v) is 2.73. The van der Waals surface area contributed by atoms with Crippen molar-refractivity contribution in [1.82, 2.24) is 0 Å². The van der Waals surface area contributed by atoms with Crippen LogP contribution in [0.25, 0.3) is 0 Å². The first kappa shape index (κ1) is 12.0. The van der Waals surface area contributed by atoms with E-state index in [1.165, 1.54) is 11.8 Å². The van der Waals surface area contributed by atoms with E-state index in [1.54, 1.807) is 24.3 Å². The second-order valence-electron chi connectivity index (χ2n) is 2.85. The molecule has 1 aromatic rings. The minimum atomic E-state index is -3.38. The van der Waals surface area contributed by atoms with Crippen molar-refractivity contribution in [3.05, 3.63) is 29.8 Å². The summed E-state index contributed by atoms with van der Waals surface area (Å²) in [5.74, 6) is 0.377. The molecule has 0 aliphatic heterocycles. The molecule has 2 N–H and O–H groups in total. The molecule has 0 heterocycles. The van der Waals surface area contributed by atoms with Gasteiger partial charge in [0.05, 0.1) is 17.4 Å². The summed E-state index contributed by atoms with van der Waals surface area (Å²) in [4.78, 5) is 0.928. The summed E-state index contributed by atoms with van der Waals surface area (Å²) < 4.78 is 21.3. The third-order valence-electron chi connectivity index (χ3n) is 1.62. The molecule has 0 bridgehead atoms. The Balaban J connectivity index is 2.49. The number of nitriles is 1. The van der Waals surface area contributed by atoms with Crippen molar-refractivity contribution in [2.75, 3.05) is 11.5 Å². The molecule has 4 nitrogen and oxygen atoms in total. The van der Waals surface area contributed by atoms with Crippen LogP contribution in [-0.4, -0.2) is 19.9 Å². The van der Waals surface area contributed by atoms with Gasteiger partial charge in [0.15, 0.2) is 0 Å². The topological polar surface area (TPSA) is 83.9 Å². The SMILES string of the molecule is N#Cc1ccc(SCCS(N)(=O)=O)cc1. The maximum atomic E-state index is 10.6. The van der Waals surface area contributed by atoms with Gasteiger partial charge in [-0.2, -0.15) is 5.26 Å². The van der Waals surface area contributed by atoms with Crippen LogP contribution in [0.1, 0.15) is 5.56 Å². The molecule has 0 unspecified atom stereocenters. The summed E-state index contributed by atoms with van der Waals surface area (Å²) in [6, 6.07) is 8.97. The van der Waals surface area contributed by atoms with Crippen molar-refractivity contribution in [3.8, 4) is 6.07 Å². The zero-order valence-corrected chi connectivity index (χ0v) is 9.51. The number of hydrogen-bond acceptors (Lipinski definition) is 4. The highest BCUT2D eigenvalue weighted by atomic mass is 32.2. The number of rotatable bonds is 4. The Kier molecular flexibility index (Phi) is 4.15. The monoisotopic (exact) mass is 242 g/mol. The van der Waals surface area contributed by atoms with Gasteiger partial charge in [-0.1, -0.05) is 0 Å². The zero-order valence-electron chi connectivity index (χ0n) is 7.88. The van der Waals surface area contributed by atoms with E-state index in [2.05, 4.69) is 0 Å². The lowest BCUT2D eigenvalue weighted by molar-refractivity contribution is 0.599. The van der Waals surface area contributed by atoms with Crippen LogP contribution < -0.4 is 5.14 Å². The summed E-state index contributed by atoms with van der Waals surface area (Å²) in [6.45, 7) is 0. The highest BCUT2D eigenvalue weighted by molar-refractivity contribution is 8.00. The van der Waals surface area contributed by atoms with Gasteiger partial charge in [-0.25, -0.2) is 13.6 Å². The van der Waals surface area contributed by atoms with E-state index in [-0.39, 0.29) is 5.75 Å². The number of nitrogens with zero attached hydrogens (tertiary/aromatic N) is 1. The van der Waals surface area contributed by atoms with E-state index >= 15 is 0 Å². The van der Waals surface area contributed by atoms with Crippen molar-refractivity contribution in [2.45, 2.75) is 4.90 Å². The van der Waals surface area contributed by atoms with Gasteiger partial charge in [0.25, 0.3) is 0 Å². The summed E-state index contributed by atoms with van der Waals surface area (Å²) in [7, 11) is -3.38. The second kappa shape index (κ2) is 5.16. The minimum absolute atomic E-state index is 0.0440. The second-order valence-corrected chi connectivity index (χ2v) is 5.75. The lowest BCUT2D eigenvalue weighted by Crippen LogP contribution is -2.17. The number of sulfonamides is 1. The molecule has 0 spiro atoms. The lowest BCUT2D eigenvalue weighted by atomic mass is 10.2. The van der Waals surface area contributed by atoms with Crippen LogP contribution in [0.15, 0.2) is 29.2 Å². The number of benzene rings is 1. The van der Waals surface area contributed by atoms with Gasteiger partial charge in [-0.3, -0.25) is 0 Å². The van der Waals surface area contributed by atoms with E-state index in [0.29, 0.717) is 11.3 Å². The normalized spacial score (nSPS) is 10.9. The van der Waals surface area contributed by atoms with Crippen LogP contribution in [0.3, 0.4) is 0 Å². The first-order valence-electron chi connectivity index (χ1n) is 4.15. The average Bonchev–Trinajstić information content (AvgIpc) is 2.17. The highest BCUT2D eigenvalue weighted by Gasteiger charge is 2.02. The molecule has 0 aliphatic rings. The Morgan fingerprint density at radius 3 is 2.40 bits per heavy atom. The molecule has 0 atom stereocenters. The van der Waals surface area contributed by atoms with E-state index in [1.807, 2.05) is 6.07 Å². The maximum Gasteiger partial charge on any atom is 0.209 e. The van der Waals surface area contributed by atoms with E-state index in [4.69, 9.17) is 10.4 Å². The number of nitrogens with two attached hydrogens (primary N) is 1. The molecule has 6 heteroatoms. The Morgan fingerprint density at radius 2 is 1.93 bits per heavy atom. The molecular formula is C9H10N2O2S2. The maximum absolute atomic E-state index is 10.6. The fraction of sp³-hybridized carbons (Fsp3) is 0.222. The largest absolute Gasteiger partial charge is 0.229 e. The molecule has 1 aromatic carbocycles. The molecule has 1 rings (SSSR count). The first-order chi connectivity index (χ1) is 7.01. The molecule has 0 fully saturated rings. The standard InChI is InChI=1S/C9H10N2O2S2/c10-7-8-1-3-9(4-2-8)14-5-6-15(11,12)13/h1-4H,5-6H2,(H2,11,12,13). The Bertz CT molecular complexity index is 460. The van der Waals surface area contributed by atoms with Gasteiger partial charge < -0.3 is 0 Å². The molecule has 0 aromatic heterocycles. The predicted octanol–water partition coefficient (Wildman–Crippen LogP) is 0.939. The Hall–Kier alpha value is -1.03. The van der Waals surface area contributed by atoms with E-state index in [9.17, 15) is 8.42 Å². The van der Waals surface area contributed by atoms with Crippen LogP contribution in [0.2, 0.25) is 0 Å². The minimum Gasteiger partial charge on any atom is -0.229 e. The fourth-order valence-electron chi connectivity index (χ4n) is 0.901. The molecule has 0 amide bonds. The lowest BCUT2D eigenvalue weighted by Gasteiger charge is -2.00. The van der Waals surface area contributed by atoms with E-state index in [0.717, 1.165) is 4.90 Å². The average molecular weight is 242 g/mol. The van der Waals surface area contributed by atoms with E-state index < -0.39 is 10.0 Å². The van der Waals surface area contributed by atoms with Crippen LogP contribution in [0, 0.1) is 11.3 Å². The van der Waals surface area contributed by atoms with Crippen LogP contribution in [0.4, 0.5) is 0 Å². The molecule has 0 radical (unpaired) electrons. The summed E-state index contributed by atoms with van der Waals surface area (Å²) >= 11 is 1.40. The summed E-state index contributed by atoms with van der Waals surface area (Å²) in [5.41, 5.74) is 0.589. The van der Waals surface area contributed by atoms with Crippen molar-refractivity contribution < 1.29 is 8.42 Å². The Morgan fingerprint density at radius 1 is 1.33 bits per heavy atom. The van der Waals surface area contributed by atoms with Crippen LogP contribution >= 0.6 is 11.8 Å². The van der Waals surface area contributed by atoms with Gasteiger partial charge >= 0.3 is 0 Å². The van der Waals surface area contributed by atoms with Gasteiger partial charge in [0.2, 0.25) is 10.0 Å². The highest BCUT2D eigenvalue weighted by Crippen LogP contribution is 2.17. The molecule has 0 saturated carbocycles. The molecule has 0 aliphatic carbocycles. The molecule has 80 valence electrons. The van der Waals surface area contributed by atoms with Crippen molar-refractivity contribution in [2.24, 2.45) is 5.14 Å². The van der Waals surface area contributed by atoms with Gasteiger partial charge in [-0.05, 0) is 24.3 Å². The molecular weight excluding hydrogens is 232 g/mol. The quantitative estimate of drug-likeness (QED) is 0.796. The molecule has 0 saturated heterocycles. The van der Waals surface area contributed by atoms with Crippen molar-refractivity contribution in [3.63, 3.8) is 0 Å². The predicted molar refractivity (Wildman–Crippen MR) is 59.9 cm³/mol. The van der Waals surface area contributed by atoms with Crippen molar-refractivity contribution >= 4 is 21.8 Å². The van der Waals surface area contributed by atoms with Crippen LogP contribution in [-0.2, 0) is 10.0 Å². The first-order valence-corrected chi connectivity index (χ1v) is 6.85. The van der Waals surface area contributed by atoms with Crippen LogP contribution in [0.5, 0.6) is 0 Å². The summed E-state index contributed by atoms with van der Waals surface area (Å²) in [5, 5.41) is 13.4. The van der Waals surface area contributed by atoms with Gasteiger partial charge in [0.1, 0.15) is 0 Å². The Labute approximate surface area is 93.1 Å². The zero-order chi connectivity index (χ0) is 11.3. The molecule has 15 heavy (non-hydrogen) atoms. The number of primary sulfonamides is 1. The van der Waals surface area contributed by atoms with Crippen molar-refractivity contribution in [1.29, 1.82) is 5.26 Å². The summed E-state index contributed by atoms with van der Waals surface area (Å²) in [6.07, 6.45) is 0. The number of hydrogen-bond donors (Lipinski definition) is 1. The third kappa shape index (κ3) is 4.83. The van der Waals surface area contributed by atoms with Gasteiger partial charge in [0, 0.05) is 10.6 Å². The number of thioether (sulfide) groups is 1. The smallest absolute Gasteiger partial charge is 0.209 e. The third-order valence-corrected chi connectivity index (χ3v) is 3.67.